The average Bonchev–Trinajstić information content (AvgIpc) is 2.91. The second-order valence-electron chi connectivity index (χ2n) is 5.29. The summed E-state index contributed by atoms with van der Waals surface area (Å²) in [6.45, 7) is 3.04. The number of carbonyl (C=O) groups is 1. The summed E-state index contributed by atoms with van der Waals surface area (Å²) in [5, 5.41) is 10.3. The lowest BCUT2D eigenvalue weighted by molar-refractivity contribution is -0.117. The molecule has 1 aliphatic carbocycles. The maximum Gasteiger partial charge on any atom is 0.227 e. The van der Waals surface area contributed by atoms with Gasteiger partial charge in [0.25, 0.3) is 0 Å². The topological polar surface area (TPSA) is 44.1 Å². The van der Waals surface area contributed by atoms with Gasteiger partial charge in [0.05, 0.1) is 5.56 Å². The van der Waals surface area contributed by atoms with E-state index in [0.29, 0.717) is 12.3 Å². The molecule has 0 N–H and O–H groups in total. The first-order valence-electron chi connectivity index (χ1n) is 6.55. The minimum atomic E-state index is 0.179. The molecule has 0 saturated carbocycles. The van der Waals surface area contributed by atoms with Crippen molar-refractivity contribution in [3.05, 3.63) is 16.0 Å². The second kappa shape index (κ2) is 4.40. The van der Waals surface area contributed by atoms with Gasteiger partial charge in [-0.3, -0.25) is 4.79 Å². The van der Waals surface area contributed by atoms with Crippen LogP contribution in [-0.4, -0.2) is 12.5 Å². The third-order valence-electron chi connectivity index (χ3n) is 3.92. The fourth-order valence-corrected chi connectivity index (χ4v) is 4.41. The molecule has 2 aliphatic rings. The molecule has 1 atom stereocenters. The summed E-state index contributed by atoms with van der Waals surface area (Å²) in [5.41, 5.74) is 1.99. The van der Waals surface area contributed by atoms with Crippen molar-refractivity contribution >= 4 is 22.2 Å². The van der Waals surface area contributed by atoms with Crippen molar-refractivity contribution < 1.29 is 4.79 Å². The number of nitriles is 1. The number of hydrogen-bond acceptors (Lipinski definition) is 3. The first-order valence-corrected chi connectivity index (χ1v) is 7.37. The van der Waals surface area contributed by atoms with Crippen molar-refractivity contribution in [3.8, 4) is 6.07 Å². The Morgan fingerprint density at radius 1 is 1.44 bits per heavy atom. The first-order chi connectivity index (χ1) is 8.70. The predicted molar refractivity (Wildman–Crippen MR) is 71.8 cm³/mol. The van der Waals surface area contributed by atoms with E-state index in [1.807, 2.05) is 4.90 Å². The van der Waals surface area contributed by atoms with Crippen LogP contribution in [0.1, 0.15) is 42.2 Å². The molecule has 18 heavy (non-hydrogen) atoms. The highest BCUT2D eigenvalue weighted by Gasteiger charge is 2.30. The zero-order valence-electron chi connectivity index (χ0n) is 10.5. The van der Waals surface area contributed by atoms with Crippen molar-refractivity contribution in [2.24, 2.45) is 5.92 Å². The van der Waals surface area contributed by atoms with Crippen LogP contribution < -0.4 is 4.90 Å². The van der Waals surface area contributed by atoms with Gasteiger partial charge in [-0.25, -0.2) is 0 Å². The summed E-state index contributed by atoms with van der Waals surface area (Å²) in [4.78, 5) is 15.0. The predicted octanol–water partition coefficient (Wildman–Crippen LogP) is 2.87. The van der Waals surface area contributed by atoms with Crippen LogP contribution in [0.15, 0.2) is 0 Å². The van der Waals surface area contributed by atoms with Gasteiger partial charge >= 0.3 is 0 Å². The highest BCUT2D eigenvalue weighted by Crippen LogP contribution is 2.42. The summed E-state index contributed by atoms with van der Waals surface area (Å²) in [5.74, 6) is 0.878. The van der Waals surface area contributed by atoms with Gasteiger partial charge < -0.3 is 4.90 Å². The Morgan fingerprint density at radius 3 is 2.94 bits per heavy atom. The number of fused-ring (bicyclic) bond motifs is 1. The third kappa shape index (κ3) is 1.74. The molecule has 1 aromatic heterocycles. The second-order valence-corrected chi connectivity index (χ2v) is 6.38. The Bertz CT molecular complexity index is 541. The Hall–Kier alpha value is -1.34. The maximum atomic E-state index is 11.8. The first kappa shape index (κ1) is 11.7. The van der Waals surface area contributed by atoms with Crippen LogP contribution in [0.25, 0.3) is 0 Å². The van der Waals surface area contributed by atoms with Crippen LogP contribution in [0.2, 0.25) is 0 Å². The molecular formula is C14H16N2OS. The van der Waals surface area contributed by atoms with Crippen LogP contribution in [0.4, 0.5) is 5.00 Å². The Labute approximate surface area is 111 Å². The Balaban J connectivity index is 2.05. The van der Waals surface area contributed by atoms with Crippen LogP contribution in [-0.2, 0) is 17.6 Å². The van der Waals surface area contributed by atoms with Gasteiger partial charge in [0.15, 0.2) is 0 Å². The summed E-state index contributed by atoms with van der Waals surface area (Å²) >= 11 is 1.67. The quantitative estimate of drug-likeness (QED) is 0.779. The van der Waals surface area contributed by atoms with Crippen molar-refractivity contribution in [1.82, 2.24) is 0 Å². The molecule has 0 radical (unpaired) electrons. The summed E-state index contributed by atoms with van der Waals surface area (Å²) in [6.07, 6.45) is 4.77. The van der Waals surface area contributed by atoms with Crippen molar-refractivity contribution in [1.29, 1.82) is 5.26 Å². The summed E-state index contributed by atoms with van der Waals surface area (Å²) in [7, 11) is 0. The largest absolute Gasteiger partial charge is 0.303 e. The molecule has 1 aliphatic heterocycles. The van der Waals surface area contributed by atoms with Crippen LogP contribution in [0.5, 0.6) is 0 Å². The molecule has 94 valence electrons. The van der Waals surface area contributed by atoms with Crippen molar-refractivity contribution in [3.63, 3.8) is 0 Å². The normalized spacial score (nSPS) is 23.0. The monoisotopic (exact) mass is 260 g/mol. The molecule has 0 aromatic carbocycles. The van der Waals surface area contributed by atoms with Crippen LogP contribution in [0.3, 0.4) is 0 Å². The average molecular weight is 260 g/mol. The molecule has 0 bridgehead atoms. The van der Waals surface area contributed by atoms with Gasteiger partial charge in [0.2, 0.25) is 5.91 Å². The van der Waals surface area contributed by atoms with Crippen LogP contribution in [0, 0.1) is 17.2 Å². The summed E-state index contributed by atoms with van der Waals surface area (Å²) in [6, 6.07) is 2.33. The molecule has 1 aromatic rings. The van der Waals surface area contributed by atoms with E-state index in [0.717, 1.165) is 42.8 Å². The Morgan fingerprint density at radius 2 is 2.28 bits per heavy atom. The number of nitrogens with zero attached hydrogens (tertiary/aromatic N) is 2. The van der Waals surface area contributed by atoms with Gasteiger partial charge in [-0.15, -0.1) is 11.3 Å². The fourth-order valence-electron chi connectivity index (χ4n) is 2.90. The van der Waals surface area contributed by atoms with Gasteiger partial charge in [-0.05, 0) is 37.2 Å². The number of thiophene rings is 1. The highest BCUT2D eigenvalue weighted by molar-refractivity contribution is 7.16. The van der Waals surface area contributed by atoms with Crippen molar-refractivity contribution in [2.45, 2.75) is 39.0 Å². The third-order valence-corrected chi connectivity index (χ3v) is 5.20. The highest BCUT2D eigenvalue weighted by atomic mass is 32.1. The molecule has 0 unspecified atom stereocenters. The number of hydrogen-bond donors (Lipinski definition) is 0. The Kier molecular flexibility index (Phi) is 2.87. The van der Waals surface area contributed by atoms with E-state index in [-0.39, 0.29) is 5.91 Å². The molecule has 0 spiro atoms. The van der Waals surface area contributed by atoms with E-state index in [4.69, 9.17) is 0 Å². The lowest BCUT2D eigenvalue weighted by Crippen LogP contribution is -2.23. The molecule has 4 heteroatoms. The summed E-state index contributed by atoms with van der Waals surface area (Å²) < 4.78 is 0. The van der Waals surface area contributed by atoms with Gasteiger partial charge in [-0.2, -0.15) is 5.26 Å². The lowest BCUT2D eigenvalue weighted by Gasteiger charge is -2.17. The van der Waals surface area contributed by atoms with Gasteiger partial charge in [-0.1, -0.05) is 6.92 Å². The lowest BCUT2D eigenvalue weighted by atomic mass is 9.88. The molecular weight excluding hydrogens is 244 g/mol. The zero-order valence-corrected chi connectivity index (χ0v) is 11.3. The van der Waals surface area contributed by atoms with Gasteiger partial charge in [0.1, 0.15) is 11.1 Å². The fraction of sp³-hybridized carbons (Fsp3) is 0.571. The van der Waals surface area contributed by atoms with E-state index in [9.17, 15) is 10.1 Å². The maximum absolute atomic E-state index is 11.8. The van der Waals surface area contributed by atoms with E-state index in [2.05, 4.69) is 13.0 Å². The molecule has 1 fully saturated rings. The number of rotatable bonds is 1. The number of amides is 1. The van der Waals surface area contributed by atoms with E-state index in [1.54, 1.807) is 11.3 Å². The standard InChI is InChI=1S/C14H16N2OS/c1-9-4-5-10-11(8-15)14(18-12(10)7-9)16-6-2-3-13(16)17/h9H,2-7H2,1H3/t9-/m1/s1. The van der Waals surface area contributed by atoms with E-state index in [1.165, 1.54) is 10.4 Å². The SMILES string of the molecule is C[C@@H]1CCc2c(sc(N3CCCC3=O)c2C#N)C1. The molecule has 3 rings (SSSR count). The van der Waals surface area contributed by atoms with E-state index < -0.39 is 0 Å². The van der Waals surface area contributed by atoms with E-state index >= 15 is 0 Å². The molecule has 2 heterocycles. The zero-order chi connectivity index (χ0) is 12.7. The number of anilines is 1. The van der Waals surface area contributed by atoms with Gasteiger partial charge in [0, 0.05) is 17.8 Å². The minimum absolute atomic E-state index is 0.179. The van der Waals surface area contributed by atoms with Crippen molar-refractivity contribution in [2.75, 3.05) is 11.4 Å². The number of carbonyl (C=O) groups excluding carboxylic acids is 1. The molecule has 1 amide bonds. The minimum Gasteiger partial charge on any atom is -0.303 e. The smallest absolute Gasteiger partial charge is 0.227 e. The molecule has 1 saturated heterocycles. The molecule has 3 nitrogen and oxygen atoms in total. The van der Waals surface area contributed by atoms with Crippen LogP contribution >= 0.6 is 11.3 Å².